The van der Waals surface area contributed by atoms with Crippen LogP contribution in [0.3, 0.4) is 0 Å². The predicted molar refractivity (Wildman–Crippen MR) is 82.1 cm³/mol. The summed E-state index contributed by atoms with van der Waals surface area (Å²) in [5.74, 6) is -0.206. The molecule has 1 aromatic heterocycles. The Morgan fingerprint density at radius 1 is 1.15 bits per heavy atom. The SMILES string of the molecule is Cc1cccc(NC(=O)c2cc(NC(C)C)ccn2)c1. The second-order valence-corrected chi connectivity index (χ2v) is 5.05. The van der Waals surface area contributed by atoms with E-state index in [1.165, 1.54) is 0 Å². The molecular formula is C16H19N3O. The molecule has 2 aromatic rings. The first-order valence-corrected chi connectivity index (χ1v) is 6.65. The second kappa shape index (κ2) is 6.19. The molecule has 0 saturated carbocycles. The van der Waals surface area contributed by atoms with Crippen LogP contribution in [-0.4, -0.2) is 16.9 Å². The Hall–Kier alpha value is -2.36. The number of amides is 1. The maximum absolute atomic E-state index is 12.2. The van der Waals surface area contributed by atoms with E-state index in [-0.39, 0.29) is 5.91 Å². The molecule has 20 heavy (non-hydrogen) atoms. The zero-order valence-electron chi connectivity index (χ0n) is 12.0. The fraction of sp³-hybridized carbons (Fsp3) is 0.250. The van der Waals surface area contributed by atoms with Crippen LogP contribution in [0.5, 0.6) is 0 Å². The van der Waals surface area contributed by atoms with Gasteiger partial charge in [0, 0.05) is 23.6 Å². The lowest BCUT2D eigenvalue weighted by molar-refractivity contribution is 0.102. The van der Waals surface area contributed by atoms with E-state index in [4.69, 9.17) is 0 Å². The van der Waals surface area contributed by atoms with E-state index in [1.807, 2.05) is 51.1 Å². The highest BCUT2D eigenvalue weighted by molar-refractivity contribution is 6.03. The summed E-state index contributed by atoms with van der Waals surface area (Å²) in [7, 11) is 0. The molecule has 2 rings (SSSR count). The molecule has 0 fully saturated rings. The largest absolute Gasteiger partial charge is 0.383 e. The van der Waals surface area contributed by atoms with Gasteiger partial charge in [0.05, 0.1) is 0 Å². The molecule has 0 aliphatic rings. The van der Waals surface area contributed by atoms with Crippen LogP contribution in [0, 0.1) is 6.92 Å². The standard InChI is InChI=1S/C16H19N3O/c1-11(2)18-14-7-8-17-15(10-14)16(20)19-13-6-4-5-12(3)9-13/h4-11H,1-3H3,(H,17,18)(H,19,20). The maximum atomic E-state index is 12.2. The summed E-state index contributed by atoms with van der Waals surface area (Å²) in [6.45, 7) is 6.08. The van der Waals surface area contributed by atoms with Gasteiger partial charge in [0.1, 0.15) is 5.69 Å². The lowest BCUT2D eigenvalue weighted by Crippen LogP contribution is -2.15. The molecule has 2 N–H and O–H groups in total. The highest BCUT2D eigenvalue weighted by atomic mass is 16.1. The number of benzene rings is 1. The summed E-state index contributed by atoms with van der Waals surface area (Å²) in [5, 5.41) is 6.10. The van der Waals surface area contributed by atoms with Gasteiger partial charge in [0.2, 0.25) is 0 Å². The number of aromatic nitrogens is 1. The van der Waals surface area contributed by atoms with Crippen LogP contribution in [0.2, 0.25) is 0 Å². The van der Waals surface area contributed by atoms with Gasteiger partial charge < -0.3 is 10.6 Å². The summed E-state index contributed by atoms with van der Waals surface area (Å²) >= 11 is 0. The lowest BCUT2D eigenvalue weighted by atomic mass is 10.2. The number of nitrogens with zero attached hydrogens (tertiary/aromatic N) is 1. The third-order valence-corrected chi connectivity index (χ3v) is 2.72. The number of pyridine rings is 1. The number of carbonyl (C=O) groups excluding carboxylic acids is 1. The number of rotatable bonds is 4. The number of hydrogen-bond donors (Lipinski definition) is 2. The van der Waals surface area contributed by atoms with Crippen molar-refractivity contribution in [3.05, 3.63) is 53.9 Å². The molecule has 1 aromatic carbocycles. The normalized spacial score (nSPS) is 10.4. The molecule has 104 valence electrons. The molecule has 0 unspecified atom stereocenters. The van der Waals surface area contributed by atoms with E-state index in [1.54, 1.807) is 12.3 Å². The third kappa shape index (κ3) is 3.82. The fourth-order valence-corrected chi connectivity index (χ4v) is 1.90. The minimum atomic E-state index is -0.206. The number of anilines is 2. The van der Waals surface area contributed by atoms with Gasteiger partial charge in [-0.25, -0.2) is 0 Å². The van der Waals surface area contributed by atoms with Crippen molar-refractivity contribution in [2.75, 3.05) is 10.6 Å². The van der Waals surface area contributed by atoms with Crippen LogP contribution in [0.4, 0.5) is 11.4 Å². The van der Waals surface area contributed by atoms with Gasteiger partial charge >= 0.3 is 0 Å². The smallest absolute Gasteiger partial charge is 0.274 e. The Morgan fingerprint density at radius 2 is 1.95 bits per heavy atom. The van der Waals surface area contributed by atoms with Gasteiger partial charge in [0.25, 0.3) is 5.91 Å². The van der Waals surface area contributed by atoms with E-state index >= 15 is 0 Å². The van der Waals surface area contributed by atoms with Crippen molar-refractivity contribution < 1.29 is 4.79 Å². The molecule has 0 bridgehead atoms. The van der Waals surface area contributed by atoms with Crippen LogP contribution in [0.1, 0.15) is 29.9 Å². The van der Waals surface area contributed by atoms with Crippen molar-refractivity contribution in [2.45, 2.75) is 26.8 Å². The number of nitrogens with one attached hydrogen (secondary N) is 2. The molecule has 0 radical (unpaired) electrons. The van der Waals surface area contributed by atoms with Crippen LogP contribution < -0.4 is 10.6 Å². The second-order valence-electron chi connectivity index (χ2n) is 5.05. The Kier molecular flexibility index (Phi) is 4.35. The van der Waals surface area contributed by atoms with Crippen molar-refractivity contribution in [1.29, 1.82) is 0 Å². The maximum Gasteiger partial charge on any atom is 0.274 e. The van der Waals surface area contributed by atoms with Crippen LogP contribution in [0.15, 0.2) is 42.6 Å². The van der Waals surface area contributed by atoms with Crippen molar-refractivity contribution in [1.82, 2.24) is 4.98 Å². The van der Waals surface area contributed by atoms with E-state index in [2.05, 4.69) is 15.6 Å². The predicted octanol–water partition coefficient (Wildman–Crippen LogP) is 3.46. The Morgan fingerprint density at radius 3 is 2.65 bits per heavy atom. The summed E-state index contributed by atoms with van der Waals surface area (Å²) in [6.07, 6.45) is 1.63. The number of hydrogen-bond acceptors (Lipinski definition) is 3. The Labute approximate surface area is 119 Å². The van der Waals surface area contributed by atoms with Gasteiger partial charge in [-0.2, -0.15) is 0 Å². The van der Waals surface area contributed by atoms with Crippen molar-refractivity contribution >= 4 is 17.3 Å². The number of aryl methyl sites for hydroxylation is 1. The van der Waals surface area contributed by atoms with E-state index in [0.717, 1.165) is 16.9 Å². The van der Waals surface area contributed by atoms with Gasteiger partial charge in [-0.05, 0) is 50.6 Å². The number of carbonyl (C=O) groups is 1. The first kappa shape index (κ1) is 14.1. The Balaban J connectivity index is 2.13. The third-order valence-electron chi connectivity index (χ3n) is 2.72. The quantitative estimate of drug-likeness (QED) is 0.893. The minimum absolute atomic E-state index is 0.206. The van der Waals surface area contributed by atoms with Gasteiger partial charge in [0.15, 0.2) is 0 Å². The first-order valence-electron chi connectivity index (χ1n) is 6.65. The zero-order valence-corrected chi connectivity index (χ0v) is 12.0. The summed E-state index contributed by atoms with van der Waals surface area (Å²) in [6, 6.07) is 11.6. The Bertz CT molecular complexity index is 608. The van der Waals surface area contributed by atoms with Crippen molar-refractivity contribution in [2.24, 2.45) is 0 Å². The van der Waals surface area contributed by atoms with Crippen LogP contribution in [0.25, 0.3) is 0 Å². The van der Waals surface area contributed by atoms with E-state index in [0.29, 0.717) is 11.7 Å². The molecule has 0 aliphatic carbocycles. The summed E-state index contributed by atoms with van der Waals surface area (Å²) in [5.41, 5.74) is 3.17. The van der Waals surface area contributed by atoms with Crippen LogP contribution in [-0.2, 0) is 0 Å². The molecule has 1 amide bonds. The van der Waals surface area contributed by atoms with Crippen LogP contribution >= 0.6 is 0 Å². The van der Waals surface area contributed by atoms with E-state index < -0.39 is 0 Å². The molecule has 4 heteroatoms. The highest BCUT2D eigenvalue weighted by Crippen LogP contribution is 2.13. The molecule has 0 spiro atoms. The average Bonchev–Trinajstić information content (AvgIpc) is 2.38. The van der Waals surface area contributed by atoms with Gasteiger partial charge in [-0.15, -0.1) is 0 Å². The highest BCUT2D eigenvalue weighted by Gasteiger charge is 2.08. The molecule has 1 heterocycles. The first-order chi connectivity index (χ1) is 9.54. The van der Waals surface area contributed by atoms with Gasteiger partial charge in [-0.3, -0.25) is 9.78 Å². The molecule has 0 saturated heterocycles. The van der Waals surface area contributed by atoms with Gasteiger partial charge in [-0.1, -0.05) is 12.1 Å². The average molecular weight is 269 g/mol. The monoisotopic (exact) mass is 269 g/mol. The van der Waals surface area contributed by atoms with Crippen molar-refractivity contribution in [3.63, 3.8) is 0 Å². The summed E-state index contributed by atoms with van der Waals surface area (Å²) < 4.78 is 0. The fourth-order valence-electron chi connectivity index (χ4n) is 1.90. The lowest BCUT2D eigenvalue weighted by Gasteiger charge is -2.11. The zero-order chi connectivity index (χ0) is 14.5. The van der Waals surface area contributed by atoms with Crippen molar-refractivity contribution in [3.8, 4) is 0 Å². The molecule has 0 aliphatic heterocycles. The molecule has 4 nitrogen and oxygen atoms in total. The summed E-state index contributed by atoms with van der Waals surface area (Å²) in [4.78, 5) is 16.3. The van der Waals surface area contributed by atoms with E-state index in [9.17, 15) is 4.79 Å². The molecule has 0 atom stereocenters. The minimum Gasteiger partial charge on any atom is -0.383 e. The molecular weight excluding hydrogens is 250 g/mol. The topological polar surface area (TPSA) is 54.0 Å².